The van der Waals surface area contributed by atoms with E-state index < -0.39 is 0 Å². The second-order valence-electron chi connectivity index (χ2n) is 6.47. The van der Waals surface area contributed by atoms with Crippen LogP contribution in [0.5, 0.6) is 5.75 Å². The SMILES string of the molecule is Cc1cc(C)cc(OC(C)c2nnc(SCc3c(Cl)cccc3Cl)n2C)c1. The third-order valence-corrected chi connectivity index (χ3v) is 5.90. The zero-order valence-electron chi connectivity index (χ0n) is 15.7. The Morgan fingerprint density at radius 3 is 2.33 bits per heavy atom. The molecule has 2 aromatic carbocycles. The van der Waals surface area contributed by atoms with Gasteiger partial charge in [-0.3, -0.25) is 0 Å². The first-order chi connectivity index (χ1) is 12.8. The Labute approximate surface area is 173 Å². The quantitative estimate of drug-likeness (QED) is 0.446. The second-order valence-corrected chi connectivity index (χ2v) is 8.23. The molecular weight excluding hydrogens is 401 g/mol. The number of hydrogen-bond acceptors (Lipinski definition) is 4. The molecule has 0 amide bonds. The lowest BCUT2D eigenvalue weighted by Crippen LogP contribution is -2.10. The van der Waals surface area contributed by atoms with Crippen molar-refractivity contribution in [3.8, 4) is 5.75 Å². The van der Waals surface area contributed by atoms with Crippen LogP contribution >= 0.6 is 35.0 Å². The topological polar surface area (TPSA) is 39.9 Å². The molecular formula is C20H21Cl2N3OS. The van der Waals surface area contributed by atoms with Crippen LogP contribution in [0.4, 0.5) is 0 Å². The van der Waals surface area contributed by atoms with Crippen LogP contribution in [-0.4, -0.2) is 14.8 Å². The third-order valence-electron chi connectivity index (χ3n) is 4.15. The standard InChI is InChI=1S/C20H21Cl2N3OS/c1-12-8-13(2)10-15(9-12)26-14(3)19-23-24-20(25(19)4)27-11-16-17(21)6-5-7-18(16)22/h5-10,14H,11H2,1-4H3. The molecule has 1 aromatic heterocycles. The predicted molar refractivity (Wildman–Crippen MR) is 112 cm³/mol. The van der Waals surface area contributed by atoms with Crippen LogP contribution in [-0.2, 0) is 12.8 Å². The van der Waals surface area contributed by atoms with Crippen molar-refractivity contribution in [3.63, 3.8) is 0 Å². The molecule has 0 fully saturated rings. The molecule has 0 aliphatic rings. The van der Waals surface area contributed by atoms with E-state index in [2.05, 4.69) is 30.1 Å². The summed E-state index contributed by atoms with van der Waals surface area (Å²) in [6.07, 6.45) is -0.220. The molecule has 1 atom stereocenters. The van der Waals surface area contributed by atoms with E-state index in [0.29, 0.717) is 15.8 Å². The minimum absolute atomic E-state index is 0.220. The maximum atomic E-state index is 6.25. The van der Waals surface area contributed by atoms with Crippen molar-refractivity contribution in [2.24, 2.45) is 7.05 Å². The van der Waals surface area contributed by atoms with E-state index in [4.69, 9.17) is 27.9 Å². The Morgan fingerprint density at radius 2 is 1.70 bits per heavy atom. The van der Waals surface area contributed by atoms with Crippen molar-refractivity contribution >= 4 is 35.0 Å². The van der Waals surface area contributed by atoms with Gasteiger partial charge in [-0.15, -0.1) is 10.2 Å². The van der Waals surface area contributed by atoms with Crippen molar-refractivity contribution in [3.05, 3.63) is 69.0 Å². The molecule has 0 saturated carbocycles. The summed E-state index contributed by atoms with van der Waals surface area (Å²) in [5.41, 5.74) is 3.24. The van der Waals surface area contributed by atoms with Gasteiger partial charge in [0, 0.05) is 22.8 Å². The number of nitrogens with zero attached hydrogens (tertiary/aromatic N) is 3. The summed E-state index contributed by atoms with van der Waals surface area (Å²) in [5.74, 6) is 2.22. The maximum absolute atomic E-state index is 6.25. The lowest BCUT2D eigenvalue weighted by Gasteiger charge is -2.15. The third kappa shape index (κ3) is 4.78. The minimum Gasteiger partial charge on any atom is -0.483 e. The average molecular weight is 422 g/mol. The first kappa shape index (κ1) is 20.1. The van der Waals surface area contributed by atoms with Gasteiger partial charge in [0.25, 0.3) is 0 Å². The van der Waals surface area contributed by atoms with E-state index in [1.165, 1.54) is 11.1 Å². The monoisotopic (exact) mass is 421 g/mol. The number of aromatic nitrogens is 3. The highest BCUT2D eigenvalue weighted by atomic mass is 35.5. The molecule has 0 radical (unpaired) electrons. The molecule has 3 rings (SSSR count). The Balaban J connectivity index is 1.72. The number of thioether (sulfide) groups is 1. The van der Waals surface area contributed by atoms with Crippen LogP contribution in [0.3, 0.4) is 0 Å². The van der Waals surface area contributed by atoms with Gasteiger partial charge in [0.15, 0.2) is 17.1 Å². The summed E-state index contributed by atoms with van der Waals surface area (Å²) < 4.78 is 8.03. The van der Waals surface area contributed by atoms with E-state index >= 15 is 0 Å². The van der Waals surface area contributed by atoms with Crippen molar-refractivity contribution < 1.29 is 4.74 Å². The van der Waals surface area contributed by atoms with Crippen molar-refractivity contribution in [2.75, 3.05) is 0 Å². The van der Waals surface area contributed by atoms with E-state index in [0.717, 1.165) is 22.3 Å². The van der Waals surface area contributed by atoms with Crippen LogP contribution in [0.15, 0.2) is 41.6 Å². The van der Waals surface area contributed by atoms with Gasteiger partial charge in [-0.05, 0) is 61.7 Å². The summed E-state index contributed by atoms with van der Waals surface area (Å²) in [4.78, 5) is 0. The van der Waals surface area contributed by atoms with Crippen LogP contribution in [0.1, 0.15) is 35.5 Å². The molecule has 27 heavy (non-hydrogen) atoms. The molecule has 1 heterocycles. The summed E-state index contributed by atoms with van der Waals surface area (Å²) in [7, 11) is 1.94. The summed E-state index contributed by atoms with van der Waals surface area (Å²) in [6, 6.07) is 11.7. The van der Waals surface area contributed by atoms with Crippen LogP contribution in [0, 0.1) is 13.8 Å². The lowest BCUT2D eigenvalue weighted by molar-refractivity contribution is 0.211. The molecule has 1 unspecified atom stereocenters. The summed E-state index contributed by atoms with van der Waals surface area (Å²) >= 11 is 14.0. The van der Waals surface area contributed by atoms with E-state index in [9.17, 15) is 0 Å². The van der Waals surface area contributed by atoms with Crippen molar-refractivity contribution in [2.45, 2.75) is 37.8 Å². The number of rotatable bonds is 6. The van der Waals surface area contributed by atoms with E-state index in [-0.39, 0.29) is 6.10 Å². The van der Waals surface area contributed by atoms with E-state index in [1.54, 1.807) is 11.8 Å². The normalized spacial score (nSPS) is 12.2. The van der Waals surface area contributed by atoms with Crippen LogP contribution in [0.25, 0.3) is 0 Å². The first-order valence-corrected chi connectivity index (χ1v) is 10.3. The highest BCUT2D eigenvalue weighted by Crippen LogP contribution is 2.31. The molecule has 0 spiro atoms. The molecule has 0 aliphatic heterocycles. The number of aryl methyl sites for hydroxylation is 2. The fraction of sp³-hybridized carbons (Fsp3) is 0.300. The average Bonchev–Trinajstić information content (AvgIpc) is 2.94. The first-order valence-electron chi connectivity index (χ1n) is 8.55. The number of hydrogen-bond donors (Lipinski definition) is 0. The highest BCUT2D eigenvalue weighted by Gasteiger charge is 2.18. The Kier molecular flexibility index (Phi) is 6.35. The summed E-state index contributed by atoms with van der Waals surface area (Å²) in [6.45, 7) is 6.09. The van der Waals surface area contributed by atoms with Gasteiger partial charge in [0.05, 0.1) is 0 Å². The molecule has 0 bridgehead atoms. The van der Waals surface area contributed by atoms with Gasteiger partial charge < -0.3 is 9.30 Å². The number of benzene rings is 2. The molecule has 142 valence electrons. The Bertz CT molecular complexity index is 918. The summed E-state index contributed by atoms with van der Waals surface area (Å²) in [5, 5.41) is 10.7. The van der Waals surface area contributed by atoms with Crippen LogP contribution < -0.4 is 4.74 Å². The maximum Gasteiger partial charge on any atom is 0.191 e. The molecule has 0 saturated heterocycles. The number of ether oxygens (including phenoxy) is 1. The van der Waals surface area contributed by atoms with Crippen molar-refractivity contribution in [1.29, 1.82) is 0 Å². The van der Waals surface area contributed by atoms with Crippen molar-refractivity contribution in [1.82, 2.24) is 14.8 Å². The van der Waals surface area contributed by atoms with Gasteiger partial charge in [0.2, 0.25) is 0 Å². The molecule has 0 N–H and O–H groups in total. The zero-order chi connectivity index (χ0) is 19.6. The van der Waals surface area contributed by atoms with E-state index in [1.807, 2.05) is 48.9 Å². The molecule has 0 aliphatic carbocycles. The Hall–Kier alpha value is -1.69. The lowest BCUT2D eigenvalue weighted by atomic mass is 10.1. The van der Waals surface area contributed by atoms with Gasteiger partial charge in [-0.25, -0.2) is 0 Å². The number of halogens is 2. The fourth-order valence-electron chi connectivity index (χ4n) is 2.87. The van der Waals surface area contributed by atoms with Gasteiger partial charge in [-0.2, -0.15) is 0 Å². The van der Waals surface area contributed by atoms with Gasteiger partial charge in [0.1, 0.15) is 5.75 Å². The van der Waals surface area contributed by atoms with Gasteiger partial charge >= 0.3 is 0 Å². The molecule has 7 heteroatoms. The van der Waals surface area contributed by atoms with Gasteiger partial charge in [-0.1, -0.05) is 47.1 Å². The predicted octanol–water partition coefficient (Wildman–Crippen LogP) is 6.17. The minimum atomic E-state index is -0.220. The largest absolute Gasteiger partial charge is 0.483 e. The second kappa shape index (κ2) is 8.55. The Morgan fingerprint density at radius 1 is 1.07 bits per heavy atom. The zero-order valence-corrected chi connectivity index (χ0v) is 18.0. The highest BCUT2D eigenvalue weighted by molar-refractivity contribution is 7.98. The molecule has 3 aromatic rings. The fourth-order valence-corrected chi connectivity index (χ4v) is 4.53. The molecule has 4 nitrogen and oxygen atoms in total. The van der Waals surface area contributed by atoms with Crippen LogP contribution in [0.2, 0.25) is 10.0 Å². The smallest absolute Gasteiger partial charge is 0.191 e.